The summed E-state index contributed by atoms with van der Waals surface area (Å²) in [6.07, 6.45) is 4.84. The fraction of sp³-hybridized carbons (Fsp3) is 0.591. The van der Waals surface area contributed by atoms with Crippen molar-refractivity contribution in [1.82, 2.24) is 14.0 Å². The highest BCUT2D eigenvalue weighted by Crippen LogP contribution is 2.20. The molecule has 0 unspecified atom stereocenters. The third-order valence-corrected chi connectivity index (χ3v) is 5.77. The van der Waals surface area contributed by atoms with E-state index in [-0.39, 0.29) is 29.7 Å². The molecule has 0 bridgehead atoms. The van der Waals surface area contributed by atoms with Gasteiger partial charge in [-0.25, -0.2) is 4.79 Å². The quantitative estimate of drug-likeness (QED) is 0.768. The van der Waals surface area contributed by atoms with E-state index in [0.29, 0.717) is 23.4 Å². The Kier molecular flexibility index (Phi) is 6.37. The SMILES string of the molecule is CC[C@H]1CCCCN1C(=O)Cn1c(=O)n(CCC(C)C)c(=O)c2ccccc21. The zero-order valence-electron chi connectivity index (χ0n) is 17.2. The number of carbonyl (C=O) groups excluding carboxylic acids is 1. The van der Waals surface area contributed by atoms with E-state index in [4.69, 9.17) is 0 Å². The molecule has 2 heterocycles. The molecule has 3 rings (SSSR count). The van der Waals surface area contributed by atoms with Gasteiger partial charge >= 0.3 is 5.69 Å². The normalized spacial score (nSPS) is 17.4. The Hall–Kier alpha value is -2.37. The van der Waals surface area contributed by atoms with Crippen LogP contribution in [0, 0.1) is 5.92 Å². The first-order valence-electron chi connectivity index (χ1n) is 10.5. The molecule has 0 aliphatic carbocycles. The number of fused-ring (bicyclic) bond motifs is 1. The number of piperidine rings is 1. The Labute approximate surface area is 165 Å². The van der Waals surface area contributed by atoms with Crippen molar-refractivity contribution in [3.05, 3.63) is 45.1 Å². The van der Waals surface area contributed by atoms with Crippen LogP contribution in [0.15, 0.2) is 33.9 Å². The van der Waals surface area contributed by atoms with Gasteiger partial charge in [0.15, 0.2) is 0 Å². The highest BCUT2D eigenvalue weighted by Gasteiger charge is 2.26. The van der Waals surface area contributed by atoms with Crippen molar-refractivity contribution in [2.75, 3.05) is 6.54 Å². The van der Waals surface area contributed by atoms with Crippen molar-refractivity contribution < 1.29 is 4.79 Å². The Balaban J connectivity index is 2.03. The Morgan fingerprint density at radius 1 is 1.14 bits per heavy atom. The Morgan fingerprint density at radius 2 is 1.89 bits per heavy atom. The van der Waals surface area contributed by atoms with Gasteiger partial charge in [0.05, 0.1) is 10.9 Å². The second kappa shape index (κ2) is 8.76. The van der Waals surface area contributed by atoms with E-state index in [9.17, 15) is 14.4 Å². The van der Waals surface area contributed by atoms with E-state index >= 15 is 0 Å². The van der Waals surface area contributed by atoms with Gasteiger partial charge in [0.2, 0.25) is 5.91 Å². The lowest BCUT2D eigenvalue weighted by Gasteiger charge is -2.35. The molecule has 28 heavy (non-hydrogen) atoms. The predicted octanol–water partition coefficient (Wildman–Crippen LogP) is 3.00. The molecule has 6 heteroatoms. The van der Waals surface area contributed by atoms with Crippen LogP contribution in [0.2, 0.25) is 0 Å². The van der Waals surface area contributed by atoms with E-state index in [1.807, 2.05) is 4.90 Å². The van der Waals surface area contributed by atoms with Gasteiger partial charge in [0.25, 0.3) is 5.56 Å². The van der Waals surface area contributed by atoms with Crippen molar-refractivity contribution in [1.29, 1.82) is 0 Å². The van der Waals surface area contributed by atoms with Crippen LogP contribution < -0.4 is 11.2 Å². The monoisotopic (exact) mass is 385 g/mol. The molecule has 6 nitrogen and oxygen atoms in total. The summed E-state index contributed by atoms with van der Waals surface area (Å²) >= 11 is 0. The number of aromatic nitrogens is 2. The van der Waals surface area contributed by atoms with Crippen molar-refractivity contribution in [2.45, 2.75) is 72.0 Å². The largest absolute Gasteiger partial charge is 0.338 e. The summed E-state index contributed by atoms with van der Waals surface area (Å²) in [4.78, 5) is 41.0. The summed E-state index contributed by atoms with van der Waals surface area (Å²) in [6, 6.07) is 7.34. The van der Waals surface area contributed by atoms with Crippen LogP contribution in [-0.4, -0.2) is 32.5 Å². The van der Waals surface area contributed by atoms with Crippen LogP contribution in [0.25, 0.3) is 10.9 Å². The first-order valence-corrected chi connectivity index (χ1v) is 10.5. The second-order valence-electron chi connectivity index (χ2n) is 8.17. The Morgan fingerprint density at radius 3 is 2.61 bits per heavy atom. The van der Waals surface area contributed by atoms with Crippen LogP contribution in [0.5, 0.6) is 0 Å². The van der Waals surface area contributed by atoms with E-state index in [2.05, 4.69) is 20.8 Å². The van der Waals surface area contributed by atoms with Gasteiger partial charge in [0.1, 0.15) is 6.54 Å². The lowest BCUT2D eigenvalue weighted by molar-refractivity contribution is -0.135. The van der Waals surface area contributed by atoms with Gasteiger partial charge in [-0.1, -0.05) is 32.9 Å². The van der Waals surface area contributed by atoms with E-state index in [1.165, 1.54) is 9.13 Å². The summed E-state index contributed by atoms with van der Waals surface area (Å²) in [5, 5.41) is 0.490. The zero-order chi connectivity index (χ0) is 20.3. The van der Waals surface area contributed by atoms with Gasteiger partial charge in [-0.3, -0.25) is 18.7 Å². The van der Waals surface area contributed by atoms with Crippen LogP contribution in [0.3, 0.4) is 0 Å². The molecule has 1 saturated heterocycles. The summed E-state index contributed by atoms with van der Waals surface area (Å²) in [5.41, 5.74) is -0.117. The lowest BCUT2D eigenvalue weighted by Crippen LogP contribution is -2.47. The minimum absolute atomic E-state index is 0.0161. The summed E-state index contributed by atoms with van der Waals surface area (Å²) in [6.45, 7) is 7.33. The molecule has 1 atom stereocenters. The van der Waals surface area contributed by atoms with Gasteiger partial charge in [-0.2, -0.15) is 0 Å². The summed E-state index contributed by atoms with van der Waals surface area (Å²) in [7, 11) is 0. The van der Waals surface area contributed by atoms with Crippen molar-refractivity contribution in [3.63, 3.8) is 0 Å². The molecular weight excluding hydrogens is 354 g/mol. The topological polar surface area (TPSA) is 64.3 Å². The number of amides is 1. The maximum absolute atomic E-state index is 13.1. The molecule has 1 aliphatic heterocycles. The molecule has 1 aromatic carbocycles. The highest BCUT2D eigenvalue weighted by atomic mass is 16.2. The summed E-state index contributed by atoms with van der Waals surface area (Å²) in [5.74, 6) is 0.347. The van der Waals surface area contributed by atoms with Crippen LogP contribution in [0.4, 0.5) is 0 Å². The molecule has 0 spiro atoms. The number of hydrogen-bond acceptors (Lipinski definition) is 3. The predicted molar refractivity (Wildman–Crippen MR) is 112 cm³/mol. The van der Waals surface area contributed by atoms with E-state index in [0.717, 1.165) is 38.6 Å². The number of hydrogen-bond donors (Lipinski definition) is 0. The van der Waals surface area contributed by atoms with Crippen molar-refractivity contribution >= 4 is 16.8 Å². The fourth-order valence-corrected chi connectivity index (χ4v) is 4.09. The van der Waals surface area contributed by atoms with E-state index in [1.54, 1.807) is 24.3 Å². The molecule has 0 radical (unpaired) electrons. The van der Waals surface area contributed by atoms with Crippen molar-refractivity contribution in [2.24, 2.45) is 5.92 Å². The third-order valence-electron chi connectivity index (χ3n) is 5.77. The number of nitrogens with zero attached hydrogens (tertiary/aromatic N) is 3. The first-order chi connectivity index (χ1) is 13.4. The minimum atomic E-state index is -0.386. The molecule has 1 fully saturated rings. The van der Waals surface area contributed by atoms with Gasteiger partial charge < -0.3 is 4.90 Å². The Bertz CT molecular complexity index is 958. The molecule has 2 aromatic rings. The smallest absolute Gasteiger partial charge is 0.331 e. The molecule has 1 aromatic heterocycles. The van der Waals surface area contributed by atoms with Gasteiger partial charge in [-0.15, -0.1) is 0 Å². The first kappa shape index (κ1) is 20.4. The van der Waals surface area contributed by atoms with Crippen molar-refractivity contribution in [3.8, 4) is 0 Å². The fourth-order valence-electron chi connectivity index (χ4n) is 4.09. The summed E-state index contributed by atoms with van der Waals surface area (Å²) < 4.78 is 2.78. The van der Waals surface area contributed by atoms with Gasteiger partial charge in [0, 0.05) is 19.1 Å². The third kappa shape index (κ3) is 4.05. The standard InChI is InChI=1S/C22H31N3O3/c1-4-17-9-7-8-13-23(17)20(26)15-25-19-11-6-5-10-18(19)21(27)24(22(25)28)14-12-16(2)3/h5-6,10-11,16-17H,4,7-9,12-15H2,1-3H3/t17-/m0/s1. The molecule has 0 saturated carbocycles. The molecule has 1 amide bonds. The number of para-hydroxylation sites is 1. The van der Waals surface area contributed by atoms with Crippen LogP contribution in [0.1, 0.15) is 52.9 Å². The minimum Gasteiger partial charge on any atom is -0.338 e. The average Bonchev–Trinajstić information content (AvgIpc) is 2.70. The van der Waals surface area contributed by atoms with Crippen LogP contribution >= 0.6 is 0 Å². The average molecular weight is 386 g/mol. The second-order valence-corrected chi connectivity index (χ2v) is 8.17. The van der Waals surface area contributed by atoms with Crippen LogP contribution in [-0.2, 0) is 17.9 Å². The highest BCUT2D eigenvalue weighted by molar-refractivity contribution is 5.81. The molecular formula is C22H31N3O3. The van der Waals surface area contributed by atoms with E-state index < -0.39 is 0 Å². The maximum atomic E-state index is 13.1. The number of benzene rings is 1. The number of rotatable bonds is 6. The molecule has 152 valence electrons. The number of carbonyl (C=O) groups is 1. The van der Waals surface area contributed by atoms with Gasteiger partial charge in [-0.05, 0) is 50.2 Å². The molecule has 0 N–H and O–H groups in total. The lowest BCUT2D eigenvalue weighted by atomic mass is 10.00. The molecule has 1 aliphatic rings. The zero-order valence-corrected chi connectivity index (χ0v) is 17.2. The number of likely N-dealkylation sites (tertiary alicyclic amines) is 1. The maximum Gasteiger partial charge on any atom is 0.331 e.